The molecule has 20 heavy (non-hydrogen) atoms. The number of hydrogen-bond acceptors (Lipinski definition) is 4. The molecule has 104 valence electrons. The smallest absolute Gasteiger partial charge is 0.414 e. The van der Waals surface area contributed by atoms with Gasteiger partial charge in [0.1, 0.15) is 5.75 Å². The van der Waals surface area contributed by atoms with Crippen LogP contribution in [0.25, 0.3) is 0 Å². The molecule has 0 saturated heterocycles. The van der Waals surface area contributed by atoms with Crippen LogP contribution in [0.1, 0.15) is 5.56 Å². The van der Waals surface area contributed by atoms with Gasteiger partial charge in [-0.1, -0.05) is 6.07 Å². The second-order valence-electron chi connectivity index (χ2n) is 4.12. The zero-order chi connectivity index (χ0) is 14.4. The Morgan fingerprint density at radius 3 is 2.50 bits per heavy atom. The number of methoxy groups -OCH3 is 2. The molecule has 0 aliphatic carbocycles. The SMILES string of the molecule is COC(=O)N(Cc1cccnc1)c1ccc(OC)cc1. The monoisotopic (exact) mass is 272 g/mol. The first-order valence-corrected chi connectivity index (χ1v) is 6.13. The number of nitrogens with zero attached hydrogens (tertiary/aromatic N) is 2. The number of rotatable bonds is 4. The van der Waals surface area contributed by atoms with Crippen LogP contribution < -0.4 is 9.64 Å². The topological polar surface area (TPSA) is 51.7 Å². The highest BCUT2D eigenvalue weighted by Crippen LogP contribution is 2.21. The van der Waals surface area contributed by atoms with Crippen molar-refractivity contribution in [2.24, 2.45) is 0 Å². The van der Waals surface area contributed by atoms with Crippen molar-refractivity contribution in [2.45, 2.75) is 6.54 Å². The third-order valence-electron chi connectivity index (χ3n) is 2.84. The first kappa shape index (κ1) is 13.9. The van der Waals surface area contributed by atoms with Crippen molar-refractivity contribution in [3.05, 3.63) is 54.4 Å². The molecule has 5 nitrogen and oxygen atoms in total. The lowest BCUT2D eigenvalue weighted by Crippen LogP contribution is -2.30. The Morgan fingerprint density at radius 2 is 1.95 bits per heavy atom. The minimum Gasteiger partial charge on any atom is -0.497 e. The lowest BCUT2D eigenvalue weighted by molar-refractivity contribution is 0.178. The van der Waals surface area contributed by atoms with E-state index in [1.165, 1.54) is 12.0 Å². The lowest BCUT2D eigenvalue weighted by atomic mass is 10.2. The molecule has 0 bridgehead atoms. The van der Waals surface area contributed by atoms with E-state index in [9.17, 15) is 4.79 Å². The maximum absolute atomic E-state index is 11.9. The van der Waals surface area contributed by atoms with Crippen LogP contribution in [0.15, 0.2) is 48.8 Å². The summed E-state index contributed by atoms with van der Waals surface area (Å²) in [6.45, 7) is 0.396. The molecular weight excluding hydrogens is 256 g/mol. The van der Waals surface area contributed by atoms with E-state index in [-0.39, 0.29) is 0 Å². The molecule has 1 heterocycles. The number of carbonyl (C=O) groups excluding carboxylic acids is 1. The molecular formula is C15H16N2O3. The van der Waals surface area contributed by atoms with Crippen molar-refractivity contribution < 1.29 is 14.3 Å². The van der Waals surface area contributed by atoms with Crippen molar-refractivity contribution in [3.63, 3.8) is 0 Å². The fraction of sp³-hybridized carbons (Fsp3) is 0.200. The molecule has 0 aliphatic rings. The Labute approximate surface area is 117 Å². The summed E-state index contributed by atoms with van der Waals surface area (Å²) in [6.07, 6.45) is 3.00. The van der Waals surface area contributed by atoms with Crippen molar-refractivity contribution in [3.8, 4) is 5.75 Å². The fourth-order valence-corrected chi connectivity index (χ4v) is 1.81. The van der Waals surface area contributed by atoms with Crippen molar-refractivity contribution >= 4 is 11.8 Å². The number of benzene rings is 1. The summed E-state index contributed by atoms with van der Waals surface area (Å²) >= 11 is 0. The van der Waals surface area contributed by atoms with E-state index in [0.29, 0.717) is 6.54 Å². The molecule has 5 heteroatoms. The Hall–Kier alpha value is -2.56. The van der Waals surface area contributed by atoms with E-state index in [4.69, 9.17) is 9.47 Å². The number of pyridine rings is 1. The van der Waals surface area contributed by atoms with E-state index in [1.807, 2.05) is 24.3 Å². The molecule has 1 aromatic heterocycles. The molecule has 0 atom stereocenters. The average molecular weight is 272 g/mol. The number of aromatic nitrogens is 1. The largest absolute Gasteiger partial charge is 0.497 e. The maximum Gasteiger partial charge on any atom is 0.414 e. The number of carbonyl (C=O) groups is 1. The summed E-state index contributed by atoms with van der Waals surface area (Å²) in [4.78, 5) is 17.5. The predicted molar refractivity (Wildman–Crippen MR) is 75.8 cm³/mol. The van der Waals surface area contributed by atoms with E-state index in [0.717, 1.165) is 17.0 Å². The normalized spacial score (nSPS) is 9.90. The van der Waals surface area contributed by atoms with Gasteiger partial charge in [0, 0.05) is 18.1 Å². The highest BCUT2D eigenvalue weighted by atomic mass is 16.5. The fourth-order valence-electron chi connectivity index (χ4n) is 1.81. The second kappa shape index (κ2) is 6.56. The van der Waals surface area contributed by atoms with Crippen molar-refractivity contribution in [1.82, 2.24) is 4.98 Å². The third kappa shape index (κ3) is 3.26. The van der Waals surface area contributed by atoms with E-state index < -0.39 is 6.09 Å². The van der Waals surface area contributed by atoms with Crippen LogP contribution in [-0.4, -0.2) is 25.3 Å². The number of anilines is 1. The third-order valence-corrected chi connectivity index (χ3v) is 2.84. The first-order chi connectivity index (χ1) is 9.74. The van der Waals surface area contributed by atoms with Gasteiger partial charge in [0.15, 0.2) is 0 Å². The quantitative estimate of drug-likeness (QED) is 0.858. The molecule has 0 unspecified atom stereocenters. The summed E-state index contributed by atoms with van der Waals surface area (Å²) in [5.41, 5.74) is 1.66. The van der Waals surface area contributed by atoms with Gasteiger partial charge < -0.3 is 9.47 Å². The van der Waals surface area contributed by atoms with Gasteiger partial charge in [0.25, 0.3) is 0 Å². The van der Waals surface area contributed by atoms with Gasteiger partial charge in [-0.15, -0.1) is 0 Å². The Kier molecular flexibility index (Phi) is 4.55. The Balaban J connectivity index is 2.25. The van der Waals surface area contributed by atoms with Gasteiger partial charge in [-0.3, -0.25) is 9.88 Å². The van der Waals surface area contributed by atoms with Crippen LogP contribution in [0, 0.1) is 0 Å². The molecule has 0 spiro atoms. The molecule has 1 amide bonds. The average Bonchev–Trinajstić information content (AvgIpc) is 2.53. The van der Waals surface area contributed by atoms with Gasteiger partial charge >= 0.3 is 6.09 Å². The number of amides is 1. The summed E-state index contributed by atoms with van der Waals surface area (Å²) in [5.74, 6) is 0.736. The van der Waals surface area contributed by atoms with Crippen LogP contribution in [0.2, 0.25) is 0 Å². The summed E-state index contributed by atoms with van der Waals surface area (Å²) < 4.78 is 9.94. The number of hydrogen-bond donors (Lipinski definition) is 0. The Bertz CT molecular complexity index is 555. The van der Waals surface area contributed by atoms with Crippen LogP contribution in [0.3, 0.4) is 0 Å². The van der Waals surface area contributed by atoms with Gasteiger partial charge in [-0.25, -0.2) is 4.79 Å². The first-order valence-electron chi connectivity index (χ1n) is 6.13. The maximum atomic E-state index is 11.9. The van der Waals surface area contributed by atoms with Gasteiger partial charge in [0.05, 0.1) is 20.8 Å². The standard InChI is InChI=1S/C15H16N2O3/c1-19-14-7-5-13(6-8-14)17(15(18)20-2)11-12-4-3-9-16-10-12/h3-10H,11H2,1-2H3. The highest BCUT2D eigenvalue weighted by molar-refractivity contribution is 5.87. The van der Waals surface area contributed by atoms with E-state index >= 15 is 0 Å². The molecule has 0 fully saturated rings. The summed E-state index contributed by atoms with van der Waals surface area (Å²) in [7, 11) is 2.96. The van der Waals surface area contributed by atoms with Crippen molar-refractivity contribution in [1.29, 1.82) is 0 Å². The number of ether oxygens (including phenoxy) is 2. The molecule has 0 aliphatic heterocycles. The minimum absolute atomic E-state index is 0.396. The van der Waals surface area contributed by atoms with Crippen LogP contribution in [0.5, 0.6) is 5.75 Å². The van der Waals surface area contributed by atoms with Crippen LogP contribution in [0.4, 0.5) is 10.5 Å². The second-order valence-corrected chi connectivity index (χ2v) is 4.12. The zero-order valence-electron chi connectivity index (χ0n) is 11.4. The zero-order valence-corrected chi connectivity index (χ0v) is 11.4. The van der Waals surface area contributed by atoms with Crippen LogP contribution in [-0.2, 0) is 11.3 Å². The molecule has 0 saturated carbocycles. The van der Waals surface area contributed by atoms with E-state index in [2.05, 4.69) is 4.98 Å². The molecule has 2 rings (SSSR count). The van der Waals surface area contributed by atoms with Gasteiger partial charge in [-0.05, 0) is 35.9 Å². The summed E-state index contributed by atoms with van der Waals surface area (Å²) in [6, 6.07) is 11.0. The van der Waals surface area contributed by atoms with Gasteiger partial charge in [-0.2, -0.15) is 0 Å². The minimum atomic E-state index is -0.418. The van der Waals surface area contributed by atoms with E-state index in [1.54, 1.807) is 31.6 Å². The summed E-state index contributed by atoms with van der Waals surface area (Å²) in [5, 5.41) is 0. The van der Waals surface area contributed by atoms with Gasteiger partial charge in [0.2, 0.25) is 0 Å². The molecule has 0 N–H and O–H groups in total. The van der Waals surface area contributed by atoms with Crippen molar-refractivity contribution in [2.75, 3.05) is 19.1 Å². The molecule has 1 aromatic carbocycles. The molecule has 0 radical (unpaired) electrons. The molecule has 2 aromatic rings. The van der Waals surface area contributed by atoms with Crippen LogP contribution >= 0.6 is 0 Å². The lowest BCUT2D eigenvalue weighted by Gasteiger charge is -2.21. The Morgan fingerprint density at radius 1 is 1.20 bits per heavy atom. The highest BCUT2D eigenvalue weighted by Gasteiger charge is 2.16. The predicted octanol–water partition coefficient (Wildman–Crippen LogP) is 2.86.